The maximum atomic E-state index is 3.14. The molecule has 0 fully saturated rings. The average molecular weight is 250 g/mol. The minimum absolute atomic E-state index is 1.01. The van der Waals surface area contributed by atoms with Crippen molar-refractivity contribution in [3.63, 3.8) is 0 Å². The quantitative estimate of drug-likeness (QED) is 0.310. The van der Waals surface area contributed by atoms with E-state index in [9.17, 15) is 0 Å². The molecule has 0 nitrogen and oxygen atoms in total. The van der Waals surface area contributed by atoms with E-state index in [-0.39, 0.29) is 0 Å². The van der Waals surface area contributed by atoms with Crippen LogP contribution >= 0.6 is 22.6 Å². The summed E-state index contributed by atoms with van der Waals surface area (Å²) in [5, 5.41) is 0. The van der Waals surface area contributed by atoms with Crippen molar-refractivity contribution in [2.75, 3.05) is 4.43 Å². The molecule has 0 unspecified atom stereocenters. The van der Waals surface area contributed by atoms with Crippen molar-refractivity contribution in [3.8, 4) is 11.8 Å². The number of halogens is 1. The molecule has 0 rings (SSSR count). The molecule has 0 saturated carbocycles. The first-order valence-corrected chi connectivity index (χ1v) is 5.46. The van der Waals surface area contributed by atoms with E-state index < -0.39 is 0 Å². The lowest BCUT2D eigenvalue weighted by atomic mass is 10.2. The smallest absolute Gasteiger partial charge is 0.00886 e. The molecule has 0 aliphatic heterocycles. The first-order chi connectivity index (χ1) is 4.91. The molecule has 0 bridgehead atoms. The van der Waals surface area contributed by atoms with Crippen LogP contribution in [-0.2, 0) is 0 Å². The fourth-order valence-corrected chi connectivity index (χ4v) is 1.24. The zero-order valence-electron chi connectivity index (χ0n) is 6.62. The number of unbranched alkanes of at least 4 members (excludes halogenated alkanes) is 3. The van der Waals surface area contributed by atoms with Crippen LogP contribution in [0.3, 0.4) is 0 Å². The van der Waals surface area contributed by atoms with Gasteiger partial charge in [0.25, 0.3) is 0 Å². The maximum absolute atomic E-state index is 3.14. The van der Waals surface area contributed by atoms with E-state index in [2.05, 4.69) is 41.4 Å². The Morgan fingerprint density at radius 1 is 1.10 bits per heavy atom. The number of hydrogen-bond acceptors (Lipinski definition) is 0. The summed E-state index contributed by atoms with van der Waals surface area (Å²) in [6.07, 6.45) is 6.10. The highest BCUT2D eigenvalue weighted by Gasteiger charge is 1.83. The molecule has 0 heterocycles. The molecule has 0 aliphatic rings. The number of hydrogen-bond donors (Lipinski definition) is 0. The summed E-state index contributed by atoms with van der Waals surface area (Å²) in [7, 11) is 0. The number of rotatable bonds is 4. The van der Waals surface area contributed by atoms with Gasteiger partial charge >= 0.3 is 0 Å². The molecule has 0 aliphatic carbocycles. The third-order valence-electron chi connectivity index (χ3n) is 1.24. The van der Waals surface area contributed by atoms with Gasteiger partial charge in [-0.3, -0.25) is 0 Å². The third-order valence-corrected chi connectivity index (χ3v) is 2.00. The molecular formula is C9H15I. The molecule has 0 N–H and O–H groups in total. The molecule has 0 aromatic rings. The molecular weight excluding hydrogens is 235 g/mol. The molecule has 58 valence electrons. The van der Waals surface area contributed by atoms with Crippen LogP contribution in [0.15, 0.2) is 0 Å². The van der Waals surface area contributed by atoms with Gasteiger partial charge in [-0.1, -0.05) is 35.9 Å². The van der Waals surface area contributed by atoms with Gasteiger partial charge in [0.2, 0.25) is 0 Å². The highest BCUT2D eigenvalue weighted by atomic mass is 127. The molecule has 0 saturated heterocycles. The Hall–Kier alpha value is 0.290. The predicted octanol–water partition coefficient (Wildman–Crippen LogP) is 3.40. The van der Waals surface area contributed by atoms with Gasteiger partial charge in [0.15, 0.2) is 0 Å². The highest BCUT2D eigenvalue weighted by molar-refractivity contribution is 14.1. The van der Waals surface area contributed by atoms with Crippen LogP contribution < -0.4 is 0 Å². The molecule has 0 atom stereocenters. The second-order valence-electron chi connectivity index (χ2n) is 2.21. The van der Waals surface area contributed by atoms with Crippen molar-refractivity contribution >= 4 is 22.6 Å². The summed E-state index contributed by atoms with van der Waals surface area (Å²) < 4.78 is 1.29. The summed E-state index contributed by atoms with van der Waals surface area (Å²) in [6, 6.07) is 0. The molecule has 0 spiro atoms. The standard InChI is InChI=1S/C9H15I/c1-2-3-4-5-6-7-8-9-10/h2,5-9H2,1H3. The Kier molecular flexibility index (Phi) is 9.56. The Balaban J connectivity index is 2.90. The predicted molar refractivity (Wildman–Crippen MR) is 55.4 cm³/mol. The second kappa shape index (κ2) is 9.29. The highest BCUT2D eigenvalue weighted by Crippen LogP contribution is 2.00. The van der Waals surface area contributed by atoms with Gasteiger partial charge in [0.1, 0.15) is 0 Å². The van der Waals surface area contributed by atoms with E-state index in [1.165, 1.54) is 23.7 Å². The average Bonchev–Trinajstić information content (AvgIpc) is 1.97. The lowest BCUT2D eigenvalue weighted by molar-refractivity contribution is 0.747. The van der Waals surface area contributed by atoms with E-state index in [0.717, 1.165) is 12.8 Å². The third kappa shape index (κ3) is 8.29. The van der Waals surface area contributed by atoms with Crippen LogP contribution in [0.5, 0.6) is 0 Å². The fraction of sp³-hybridized carbons (Fsp3) is 0.778. The van der Waals surface area contributed by atoms with Gasteiger partial charge in [0, 0.05) is 12.8 Å². The summed E-state index contributed by atoms with van der Waals surface area (Å²) in [5.74, 6) is 6.21. The van der Waals surface area contributed by atoms with E-state index in [1.807, 2.05) is 0 Å². The van der Waals surface area contributed by atoms with Gasteiger partial charge in [-0.05, 0) is 17.3 Å². The lowest BCUT2D eigenvalue weighted by Crippen LogP contribution is -1.75. The summed E-state index contributed by atoms with van der Waals surface area (Å²) in [5.41, 5.74) is 0. The van der Waals surface area contributed by atoms with Crippen LogP contribution in [0, 0.1) is 11.8 Å². The molecule has 0 radical (unpaired) electrons. The van der Waals surface area contributed by atoms with E-state index >= 15 is 0 Å². The number of alkyl halides is 1. The van der Waals surface area contributed by atoms with Gasteiger partial charge in [-0.2, -0.15) is 0 Å². The van der Waals surface area contributed by atoms with Crippen molar-refractivity contribution in [2.45, 2.75) is 39.0 Å². The van der Waals surface area contributed by atoms with Crippen molar-refractivity contribution < 1.29 is 0 Å². The molecule has 0 amide bonds. The Bertz CT molecular complexity index is 108. The fourth-order valence-electron chi connectivity index (χ4n) is 0.698. The van der Waals surface area contributed by atoms with Gasteiger partial charge < -0.3 is 0 Å². The van der Waals surface area contributed by atoms with E-state index in [0.29, 0.717) is 0 Å². The molecule has 1 heteroatoms. The topological polar surface area (TPSA) is 0 Å². The van der Waals surface area contributed by atoms with Crippen molar-refractivity contribution in [1.82, 2.24) is 0 Å². The molecule has 0 aromatic carbocycles. The second-order valence-corrected chi connectivity index (χ2v) is 3.29. The van der Waals surface area contributed by atoms with Crippen molar-refractivity contribution in [1.29, 1.82) is 0 Å². The van der Waals surface area contributed by atoms with Gasteiger partial charge in [0.05, 0.1) is 0 Å². The van der Waals surface area contributed by atoms with E-state index in [4.69, 9.17) is 0 Å². The monoisotopic (exact) mass is 250 g/mol. The first kappa shape index (κ1) is 10.3. The van der Waals surface area contributed by atoms with Crippen LogP contribution in [0.1, 0.15) is 39.0 Å². The van der Waals surface area contributed by atoms with Crippen LogP contribution in [-0.4, -0.2) is 4.43 Å². The van der Waals surface area contributed by atoms with Gasteiger partial charge in [-0.25, -0.2) is 0 Å². The van der Waals surface area contributed by atoms with Crippen molar-refractivity contribution in [3.05, 3.63) is 0 Å². The summed E-state index contributed by atoms with van der Waals surface area (Å²) in [6.45, 7) is 2.10. The summed E-state index contributed by atoms with van der Waals surface area (Å²) >= 11 is 2.42. The largest absolute Gasteiger partial charge is 0.104 e. The molecule has 10 heavy (non-hydrogen) atoms. The van der Waals surface area contributed by atoms with Crippen LogP contribution in [0.4, 0.5) is 0 Å². The van der Waals surface area contributed by atoms with Gasteiger partial charge in [-0.15, -0.1) is 11.8 Å². The first-order valence-electron chi connectivity index (χ1n) is 3.93. The maximum Gasteiger partial charge on any atom is 0.00886 e. The zero-order chi connectivity index (χ0) is 7.66. The Labute approximate surface area is 77.9 Å². The summed E-state index contributed by atoms with van der Waals surface area (Å²) in [4.78, 5) is 0. The normalized spacial score (nSPS) is 8.60. The lowest BCUT2D eigenvalue weighted by Gasteiger charge is -1.90. The van der Waals surface area contributed by atoms with Crippen molar-refractivity contribution in [2.24, 2.45) is 0 Å². The van der Waals surface area contributed by atoms with E-state index in [1.54, 1.807) is 0 Å². The molecule has 0 aromatic heterocycles. The minimum atomic E-state index is 1.01. The SMILES string of the molecule is CCC#CCCCCCI. The van der Waals surface area contributed by atoms with Crippen LogP contribution in [0.25, 0.3) is 0 Å². The Morgan fingerprint density at radius 2 is 1.90 bits per heavy atom. The Morgan fingerprint density at radius 3 is 2.50 bits per heavy atom. The van der Waals surface area contributed by atoms with Crippen LogP contribution in [0.2, 0.25) is 0 Å². The zero-order valence-corrected chi connectivity index (χ0v) is 8.78. The minimum Gasteiger partial charge on any atom is -0.104 e.